The van der Waals surface area contributed by atoms with Crippen molar-refractivity contribution in [2.45, 2.75) is 52.0 Å². The Balaban J connectivity index is 1.80. The predicted octanol–water partition coefficient (Wildman–Crippen LogP) is 3.93. The standard InChI is InChI=1S/C16H24FN/c1-3-16(8-5-9-16)12-18-13(2)10-14-6-4-7-15(17)11-14/h4,6-7,11,13,18H,3,5,8-10,12H2,1-2H3. The van der Waals surface area contributed by atoms with Gasteiger partial charge in [-0.2, -0.15) is 0 Å². The zero-order chi connectivity index (χ0) is 13.0. The van der Waals surface area contributed by atoms with Gasteiger partial charge in [-0.3, -0.25) is 0 Å². The fourth-order valence-electron chi connectivity index (χ4n) is 2.81. The highest BCUT2D eigenvalue weighted by molar-refractivity contribution is 5.17. The van der Waals surface area contributed by atoms with E-state index < -0.39 is 0 Å². The van der Waals surface area contributed by atoms with Gasteiger partial charge in [0.25, 0.3) is 0 Å². The molecule has 0 aliphatic heterocycles. The van der Waals surface area contributed by atoms with E-state index in [1.54, 1.807) is 12.1 Å². The molecule has 1 aliphatic carbocycles. The summed E-state index contributed by atoms with van der Waals surface area (Å²) in [5, 5.41) is 3.62. The summed E-state index contributed by atoms with van der Waals surface area (Å²) in [5.74, 6) is -0.135. The van der Waals surface area contributed by atoms with Crippen molar-refractivity contribution < 1.29 is 4.39 Å². The van der Waals surface area contributed by atoms with Crippen LogP contribution >= 0.6 is 0 Å². The first kappa shape index (κ1) is 13.5. The highest BCUT2D eigenvalue weighted by Gasteiger charge is 2.34. The molecule has 1 saturated carbocycles. The maximum atomic E-state index is 13.1. The van der Waals surface area contributed by atoms with E-state index in [-0.39, 0.29) is 5.82 Å². The number of rotatable bonds is 6. The molecule has 0 amide bonds. The Morgan fingerprint density at radius 1 is 1.39 bits per heavy atom. The molecule has 2 rings (SSSR count). The van der Waals surface area contributed by atoms with Crippen molar-refractivity contribution in [3.05, 3.63) is 35.6 Å². The fourth-order valence-corrected chi connectivity index (χ4v) is 2.81. The zero-order valence-electron chi connectivity index (χ0n) is 11.5. The summed E-state index contributed by atoms with van der Waals surface area (Å²) in [6, 6.07) is 7.34. The third-order valence-corrected chi connectivity index (χ3v) is 4.42. The van der Waals surface area contributed by atoms with Gasteiger partial charge in [0.15, 0.2) is 0 Å². The zero-order valence-corrected chi connectivity index (χ0v) is 11.5. The van der Waals surface area contributed by atoms with Gasteiger partial charge in [-0.15, -0.1) is 0 Å². The van der Waals surface area contributed by atoms with E-state index in [0.29, 0.717) is 11.5 Å². The van der Waals surface area contributed by atoms with Gasteiger partial charge in [0.1, 0.15) is 5.82 Å². The van der Waals surface area contributed by atoms with E-state index in [1.807, 2.05) is 6.07 Å². The molecule has 1 aromatic carbocycles. The molecule has 2 heteroatoms. The van der Waals surface area contributed by atoms with Crippen LogP contribution in [0.4, 0.5) is 4.39 Å². The van der Waals surface area contributed by atoms with Gasteiger partial charge in [-0.25, -0.2) is 4.39 Å². The van der Waals surface area contributed by atoms with Crippen LogP contribution in [-0.2, 0) is 6.42 Å². The van der Waals surface area contributed by atoms with Crippen LogP contribution in [0.2, 0.25) is 0 Å². The lowest BCUT2D eigenvalue weighted by atomic mass is 9.67. The highest BCUT2D eigenvalue weighted by atomic mass is 19.1. The molecular formula is C16H24FN. The average molecular weight is 249 g/mol. The average Bonchev–Trinajstić information content (AvgIpc) is 2.28. The molecule has 1 nitrogen and oxygen atoms in total. The van der Waals surface area contributed by atoms with Crippen molar-refractivity contribution >= 4 is 0 Å². The first-order valence-electron chi connectivity index (χ1n) is 7.11. The summed E-state index contributed by atoms with van der Waals surface area (Å²) in [5.41, 5.74) is 1.63. The molecule has 0 aromatic heterocycles. The smallest absolute Gasteiger partial charge is 0.123 e. The van der Waals surface area contributed by atoms with Crippen LogP contribution in [0.5, 0.6) is 0 Å². The minimum Gasteiger partial charge on any atom is -0.313 e. The van der Waals surface area contributed by atoms with Crippen molar-refractivity contribution in [2.24, 2.45) is 5.41 Å². The van der Waals surface area contributed by atoms with Crippen molar-refractivity contribution in [1.82, 2.24) is 5.32 Å². The molecular weight excluding hydrogens is 225 g/mol. The van der Waals surface area contributed by atoms with Crippen LogP contribution in [0.15, 0.2) is 24.3 Å². The molecule has 1 unspecified atom stereocenters. The second-order valence-corrected chi connectivity index (χ2v) is 5.82. The Hall–Kier alpha value is -0.890. The molecule has 0 heterocycles. The van der Waals surface area contributed by atoms with E-state index in [4.69, 9.17) is 0 Å². The van der Waals surface area contributed by atoms with Crippen LogP contribution in [0.1, 0.15) is 45.1 Å². The molecule has 1 N–H and O–H groups in total. The molecule has 0 bridgehead atoms. The molecule has 1 fully saturated rings. The summed E-state index contributed by atoms with van der Waals surface area (Å²) in [6.07, 6.45) is 6.28. The first-order valence-corrected chi connectivity index (χ1v) is 7.11. The lowest BCUT2D eigenvalue weighted by Crippen LogP contribution is -2.43. The summed E-state index contributed by atoms with van der Waals surface area (Å²) >= 11 is 0. The molecule has 100 valence electrons. The van der Waals surface area contributed by atoms with Crippen LogP contribution in [0.25, 0.3) is 0 Å². The van der Waals surface area contributed by atoms with E-state index in [2.05, 4.69) is 19.2 Å². The predicted molar refractivity (Wildman–Crippen MR) is 74.1 cm³/mol. The number of hydrogen-bond donors (Lipinski definition) is 1. The minimum absolute atomic E-state index is 0.135. The second kappa shape index (κ2) is 5.83. The van der Waals surface area contributed by atoms with Crippen LogP contribution < -0.4 is 5.32 Å². The minimum atomic E-state index is -0.135. The van der Waals surface area contributed by atoms with Gasteiger partial charge in [0.2, 0.25) is 0 Å². The third kappa shape index (κ3) is 3.32. The second-order valence-electron chi connectivity index (χ2n) is 5.82. The van der Waals surface area contributed by atoms with Crippen molar-refractivity contribution in [3.63, 3.8) is 0 Å². The number of benzene rings is 1. The lowest BCUT2D eigenvalue weighted by Gasteiger charge is -2.42. The number of hydrogen-bond acceptors (Lipinski definition) is 1. The number of nitrogens with one attached hydrogen (secondary N) is 1. The topological polar surface area (TPSA) is 12.0 Å². The Kier molecular flexibility index (Phi) is 4.39. The van der Waals surface area contributed by atoms with Crippen LogP contribution in [0.3, 0.4) is 0 Å². The fraction of sp³-hybridized carbons (Fsp3) is 0.625. The molecule has 0 spiro atoms. The number of halogens is 1. The van der Waals surface area contributed by atoms with E-state index in [1.165, 1.54) is 31.7 Å². The summed E-state index contributed by atoms with van der Waals surface area (Å²) < 4.78 is 13.1. The summed E-state index contributed by atoms with van der Waals surface area (Å²) in [6.45, 7) is 5.59. The van der Waals surface area contributed by atoms with Crippen molar-refractivity contribution in [1.29, 1.82) is 0 Å². The normalized spacial score (nSPS) is 19.3. The van der Waals surface area contributed by atoms with Crippen LogP contribution in [0, 0.1) is 11.2 Å². The maximum absolute atomic E-state index is 13.1. The molecule has 1 aliphatic rings. The van der Waals surface area contributed by atoms with Gasteiger partial charge >= 0.3 is 0 Å². The summed E-state index contributed by atoms with van der Waals surface area (Å²) in [4.78, 5) is 0. The first-order chi connectivity index (χ1) is 8.63. The third-order valence-electron chi connectivity index (χ3n) is 4.42. The Morgan fingerprint density at radius 2 is 2.17 bits per heavy atom. The summed E-state index contributed by atoms with van der Waals surface area (Å²) in [7, 11) is 0. The van der Waals surface area contributed by atoms with Crippen LogP contribution in [-0.4, -0.2) is 12.6 Å². The Morgan fingerprint density at radius 3 is 2.72 bits per heavy atom. The van der Waals surface area contributed by atoms with Gasteiger partial charge in [0, 0.05) is 12.6 Å². The highest BCUT2D eigenvalue weighted by Crippen LogP contribution is 2.43. The van der Waals surface area contributed by atoms with E-state index in [9.17, 15) is 4.39 Å². The molecule has 0 saturated heterocycles. The molecule has 0 radical (unpaired) electrons. The monoisotopic (exact) mass is 249 g/mol. The Bertz CT molecular complexity index is 379. The van der Waals surface area contributed by atoms with Gasteiger partial charge in [0.05, 0.1) is 0 Å². The van der Waals surface area contributed by atoms with Gasteiger partial charge in [-0.05, 0) is 55.7 Å². The van der Waals surface area contributed by atoms with Gasteiger partial charge in [-0.1, -0.05) is 25.5 Å². The van der Waals surface area contributed by atoms with E-state index >= 15 is 0 Å². The SMILES string of the molecule is CCC1(CNC(C)Cc2cccc(F)c2)CCC1. The largest absolute Gasteiger partial charge is 0.313 e. The lowest BCUT2D eigenvalue weighted by molar-refractivity contribution is 0.120. The molecule has 1 atom stereocenters. The van der Waals surface area contributed by atoms with Crippen molar-refractivity contribution in [2.75, 3.05) is 6.54 Å². The molecule has 18 heavy (non-hydrogen) atoms. The van der Waals surface area contributed by atoms with E-state index in [0.717, 1.165) is 18.5 Å². The maximum Gasteiger partial charge on any atom is 0.123 e. The Labute approximate surface area is 110 Å². The van der Waals surface area contributed by atoms with Gasteiger partial charge < -0.3 is 5.32 Å². The quantitative estimate of drug-likeness (QED) is 0.805. The molecule has 1 aromatic rings. The van der Waals surface area contributed by atoms with Crippen molar-refractivity contribution in [3.8, 4) is 0 Å².